The van der Waals surface area contributed by atoms with Gasteiger partial charge in [-0.2, -0.15) is 0 Å². The van der Waals surface area contributed by atoms with Crippen LogP contribution in [-0.2, 0) is 14.8 Å². The number of nitrogens with one attached hydrogen (secondary N) is 2. The van der Waals surface area contributed by atoms with E-state index in [0.717, 1.165) is 6.42 Å². The van der Waals surface area contributed by atoms with Crippen LogP contribution in [0.3, 0.4) is 0 Å². The maximum atomic E-state index is 11.9. The van der Waals surface area contributed by atoms with E-state index in [1.807, 2.05) is 13.8 Å². The zero-order valence-corrected chi connectivity index (χ0v) is 13.4. The molecule has 1 rings (SSSR count). The standard InChI is InChI=1S/C14H23N3O3S/c1-4-10(3)13(15)14(18)16-11-6-8-12(9-7-11)17-21(19,20)5-2/h6-10,13,17H,4-5,15H2,1-3H3,(H,16,18)/t10-,13-/m0/s1. The van der Waals surface area contributed by atoms with Gasteiger partial charge in [-0.3, -0.25) is 9.52 Å². The van der Waals surface area contributed by atoms with Crippen LogP contribution in [-0.4, -0.2) is 26.1 Å². The van der Waals surface area contributed by atoms with Crippen LogP contribution >= 0.6 is 0 Å². The summed E-state index contributed by atoms with van der Waals surface area (Å²) in [6.45, 7) is 5.46. The lowest BCUT2D eigenvalue weighted by atomic mass is 9.99. The van der Waals surface area contributed by atoms with Crippen molar-refractivity contribution in [2.45, 2.75) is 33.2 Å². The first-order valence-electron chi connectivity index (χ1n) is 6.96. The molecular weight excluding hydrogens is 290 g/mol. The molecule has 6 nitrogen and oxygen atoms in total. The highest BCUT2D eigenvalue weighted by molar-refractivity contribution is 7.92. The van der Waals surface area contributed by atoms with Crippen molar-refractivity contribution in [2.24, 2.45) is 11.7 Å². The second kappa shape index (κ2) is 7.42. The largest absolute Gasteiger partial charge is 0.325 e. The molecule has 21 heavy (non-hydrogen) atoms. The topological polar surface area (TPSA) is 101 Å². The van der Waals surface area contributed by atoms with E-state index in [1.54, 1.807) is 31.2 Å². The maximum absolute atomic E-state index is 11.9. The van der Waals surface area contributed by atoms with E-state index in [4.69, 9.17) is 5.73 Å². The number of hydrogen-bond acceptors (Lipinski definition) is 4. The molecule has 1 aromatic carbocycles. The van der Waals surface area contributed by atoms with Crippen LogP contribution in [0.4, 0.5) is 11.4 Å². The summed E-state index contributed by atoms with van der Waals surface area (Å²) in [6.07, 6.45) is 0.826. The molecule has 0 saturated heterocycles. The fourth-order valence-corrected chi connectivity index (χ4v) is 2.25. The van der Waals surface area contributed by atoms with Crippen molar-refractivity contribution in [1.29, 1.82) is 0 Å². The Morgan fingerprint density at radius 2 is 1.71 bits per heavy atom. The van der Waals surface area contributed by atoms with Gasteiger partial charge in [-0.05, 0) is 37.1 Å². The number of carbonyl (C=O) groups is 1. The summed E-state index contributed by atoms with van der Waals surface area (Å²) >= 11 is 0. The van der Waals surface area contributed by atoms with E-state index in [9.17, 15) is 13.2 Å². The first-order valence-corrected chi connectivity index (χ1v) is 8.61. The molecule has 0 fully saturated rings. The molecule has 4 N–H and O–H groups in total. The Morgan fingerprint density at radius 3 is 2.19 bits per heavy atom. The number of carbonyl (C=O) groups excluding carboxylic acids is 1. The first kappa shape index (κ1) is 17.5. The van der Waals surface area contributed by atoms with E-state index in [0.29, 0.717) is 11.4 Å². The van der Waals surface area contributed by atoms with Gasteiger partial charge in [-0.25, -0.2) is 8.42 Å². The molecule has 0 aliphatic heterocycles. The highest BCUT2D eigenvalue weighted by Crippen LogP contribution is 2.16. The van der Waals surface area contributed by atoms with E-state index in [1.165, 1.54) is 0 Å². The third kappa shape index (κ3) is 5.35. The van der Waals surface area contributed by atoms with Gasteiger partial charge in [0.25, 0.3) is 0 Å². The molecular formula is C14H23N3O3S. The van der Waals surface area contributed by atoms with Crippen molar-refractivity contribution in [1.82, 2.24) is 0 Å². The summed E-state index contributed by atoms with van der Waals surface area (Å²) in [4.78, 5) is 11.9. The molecule has 0 spiro atoms. The van der Waals surface area contributed by atoms with Crippen LogP contribution in [0, 0.1) is 5.92 Å². The lowest BCUT2D eigenvalue weighted by molar-refractivity contribution is -0.118. The molecule has 7 heteroatoms. The van der Waals surface area contributed by atoms with Gasteiger partial charge < -0.3 is 11.1 Å². The molecule has 1 amide bonds. The summed E-state index contributed by atoms with van der Waals surface area (Å²) in [5.74, 6) is -0.137. The van der Waals surface area contributed by atoms with Gasteiger partial charge in [-0.15, -0.1) is 0 Å². The van der Waals surface area contributed by atoms with Crippen LogP contribution < -0.4 is 15.8 Å². The monoisotopic (exact) mass is 313 g/mol. The zero-order chi connectivity index (χ0) is 16.0. The number of rotatable bonds is 7. The van der Waals surface area contributed by atoms with Crippen LogP contribution in [0.5, 0.6) is 0 Å². The van der Waals surface area contributed by atoms with Crippen molar-refractivity contribution in [2.75, 3.05) is 15.8 Å². The van der Waals surface area contributed by atoms with Crippen molar-refractivity contribution >= 4 is 27.3 Å². The summed E-state index contributed by atoms with van der Waals surface area (Å²) in [5.41, 5.74) is 6.89. The molecule has 118 valence electrons. The lowest BCUT2D eigenvalue weighted by Gasteiger charge is -2.17. The molecule has 1 aromatic rings. The van der Waals surface area contributed by atoms with Crippen LogP contribution in [0.2, 0.25) is 0 Å². The smallest absolute Gasteiger partial charge is 0.241 e. The fraction of sp³-hybridized carbons (Fsp3) is 0.500. The molecule has 0 heterocycles. The van der Waals surface area contributed by atoms with Gasteiger partial charge in [0.15, 0.2) is 0 Å². The highest BCUT2D eigenvalue weighted by atomic mass is 32.2. The Bertz CT molecular complexity index is 570. The van der Waals surface area contributed by atoms with Crippen LogP contribution in [0.1, 0.15) is 27.2 Å². The first-order chi connectivity index (χ1) is 9.79. The third-order valence-electron chi connectivity index (χ3n) is 3.37. The number of benzene rings is 1. The van der Waals surface area contributed by atoms with Gasteiger partial charge >= 0.3 is 0 Å². The minimum Gasteiger partial charge on any atom is -0.325 e. The molecule has 0 saturated carbocycles. The Hall–Kier alpha value is -1.60. The second-order valence-corrected chi connectivity index (χ2v) is 6.99. The number of sulfonamides is 1. The highest BCUT2D eigenvalue weighted by Gasteiger charge is 2.19. The van der Waals surface area contributed by atoms with Crippen molar-refractivity contribution in [3.05, 3.63) is 24.3 Å². The number of hydrogen-bond donors (Lipinski definition) is 3. The number of nitrogens with two attached hydrogens (primary N) is 1. The van der Waals surface area contributed by atoms with Gasteiger partial charge in [0.2, 0.25) is 15.9 Å². The molecule has 0 unspecified atom stereocenters. The zero-order valence-electron chi connectivity index (χ0n) is 12.6. The average Bonchev–Trinajstić information content (AvgIpc) is 2.47. The normalized spacial score (nSPS) is 14.3. The Labute approximate surface area is 126 Å². The Balaban J connectivity index is 2.69. The molecule has 0 aliphatic carbocycles. The van der Waals surface area contributed by atoms with Gasteiger partial charge in [0.05, 0.1) is 11.8 Å². The molecule has 0 aliphatic rings. The summed E-state index contributed by atoms with van der Waals surface area (Å²) in [6, 6.07) is 5.90. The molecule has 0 radical (unpaired) electrons. The molecule has 0 aromatic heterocycles. The SMILES string of the molecule is CC[C@H](C)[C@H](N)C(=O)Nc1ccc(NS(=O)(=O)CC)cc1. The minimum absolute atomic E-state index is 0.00917. The van der Waals surface area contributed by atoms with Crippen LogP contribution in [0.15, 0.2) is 24.3 Å². The summed E-state index contributed by atoms with van der Waals surface area (Å²) in [5, 5.41) is 2.72. The molecule has 0 bridgehead atoms. The average molecular weight is 313 g/mol. The Morgan fingerprint density at radius 1 is 1.19 bits per heavy atom. The van der Waals surface area contributed by atoms with Crippen molar-refractivity contribution in [3.63, 3.8) is 0 Å². The number of anilines is 2. The predicted octanol–water partition coefficient (Wildman–Crippen LogP) is 1.76. The summed E-state index contributed by atoms with van der Waals surface area (Å²) in [7, 11) is -3.29. The number of amides is 1. The lowest BCUT2D eigenvalue weighted by Crippen LogP contribution is -2.40. The van der Waals surface area contributed by atoms with E-state index in [2.05, 4.69) is 10.0 Å². The van der Waals surface area contributed by atoms with Gasteiger partial charge in [-0.1, -0.05) is 20.3 Å². The maximum Gasteiger partial charge on any atom is 0.241 e. The fourth-order valence-electron chi connectivity index (χ4n) is 1.61. The quantitative estimate of drug-likeness (QED) is 0.714. The van der Waals surface area contributed by atoms with Gasteiger partial charge in [0, 0.05) is 11.4 Å². The van der Waals surface area contributed by atoms with Crippen molar-refractivity contribution < 1.29 is 13.2 Å². The predicted molar refractivity (Wildman–Crippen MR) is 85.6 cm³/mol. The van der Waals surface area contributed by atoms with Crippen LogP contribution in [0.25, 0.3) is 0 Å². The Kier molecular flexibility index (Phi) is 6.17. The minimum atomic E-state index is -3.29. The van der Waals surface area contributed by atoms with E-state index in [-0.39, 0.29) is 17.6 Å². The second-order valence-electron chi connectivity index (χ2n) is 4.98. The van der Waals surface area contributed by atoms with E-state index >= 15 is 0 Å². The van der Waals surface area contributed by atoms with Gasteiger partial charge in [0.1, 0.15) is 0 Å². The van der Waals surface area contributed by atoms with E-state index < -0.39 is 16.1 Å². The summed E-state index contributed by atoms with van der Waals surface area (Å²) < 4.78 is 25.3. The molecule has 2 atom stereocenters. The van der Waals surface area contributed by atoms with Crippen molar-refractivity contribution in [3.8, 4) is 0 Å². The third-order valence-corrected chi connectivity index (χ3v) is 4.67.